The van der Waals surface area contributed by atoms with E-state index in [1.54, 1.807) is 0 Å². The molecule has 20 heavy (non-hydrogen) atoms. The maximum atomic E-state index is 10.9. The van der Waals surface area contributed by atoms with Crippen molar-refractivity contribution in [1.29, 1.82) is 0 Å². The van der Waals surface area contributed by atoms with Gasteiger partial charge in [0.1, 0.15) is 5.82 Å². The molecule has 2 N–H and O–H groups in total. The summed E-state index contributed by atoms with van der Waals surface area (Å²) in [6.45, 7) is 4.03. The molecule has 1 spiro atoms. The van der Waals surface area contributed by atoms with Crippen molar-refractivity contribution in [3.05, 3.63) is 22.8 Å². The van der Waals surface area contributed by atoms with Crippen molar-refractivity contribution in [3.63, 3.8) is 0 Å². The molecule has 0 radical (unpaired) electrons. The Morgan fingerprint density at radius 3 is 3.00 bits per heavy atom. The molecule has 0 bridgehead atoms. The molecule has 108 valence electrons. The van der Waals surface area contributed by atoms with Gasteiger partial charge in [-0.15, -0.1) is 0 Å². The minimum atomic E-state index is -1.000. The van der Waals surface area contributed by atoms with Crippen LogP contribution in [0, 0.1) is 5.41 Å². The number of piperidine rings is 1. The van der Waals surface area contributed by atoms with Crippen LogP contribution in [0.2, 0.25) is 5.02 Å². The van der Waals surface area contributed by atoms with Crippen LogP contribution in [0.1, 0.15) is 29.6 Å². The van der Waals surface area contributed by atoms with Crippen LogP contribution in [0.4, 0.5) is 5.82 Å². The summed E-state index contributed by atoms with van der Waals surface area (Å²) in [7, 11) is 0. The van der Waals surface area contributed by atoms with Crippen LogP contribution in [0.5, 0.6) is 0 Å². The molecular formula is C14H18ClN3O2. The number of rotatable bonds is 2. The van der Waals surface area contributed by atoms with Gasteiger partial charge < -0.3 is 15.3 Å². The van der Waals surface area contributed by atoms with Crippen molar-refractivity contribution in [2.24, 2.45) is 5.41 Å². The predicted octanol–water partition coefficient (Wildman–Crippen LogP) is 2.01. The summed E-state index contributed by atoms with van der Waals surface area (Å²) in [4.78, 5) is 17.3. The van der Waals surface area contributed by atoms with Gasteiger partial charge in [-0.25, -0.2) is 9.78 Å². The topological polar surface area (TPSA) is 65.5 Å². The van der Waals surface area contributed by atoms with Gasteiger partial charge in [0.25, 0.3) is 0 Å². The molecule has 2 fully saturated rings. The van der Waals surface area contributed by atoms with E-state index >= 15 is 0 Å². The SMILES string of the molecule is O=C(O)c1cnc(N2CC[C@]3(CCCNC3)C2)c(Cl)c1. The highest BCUT2D eigenvalue weighted by atomic mass is 35.5. The highest BCUT2D eigenvalue weighted by molar-refractivity contribution is 6.33. The van der Waals surface area contributed by atoms with Crippen LogP contribution in [0.3, 0.4) is 0 Å². The third-order valence-corrected chi connectivity index (χ3v) is 4.65. The fourth-order valence-electron chi connectivity index (χ4n) is 3.27. The first-order valence-electron chi connectivity index (χ1n) is 6.94. The molecular weight excluding hydrogens is 278 g/mol. The Labute approximate surface area is 122 Å². The summed E-state index contributed by atoms with van der Waals surface area (Å²) in [5, 5.41) is 12.8. The normalized spacial score (nSPS) is 26.1. The van der Waals surface area contributed by atoms with Crippen molar-refractivity contribution < 1.29 is 9.90 Å². The number of aromatic carboxylic acids is 1. The number of halogens is 1. The third-order valence-electron chi connectivity index (χ3n) is 4.37. The fraction of sp³-hybridized carbons (Fsp3) is 0.571. The summed E-state index contributed by atoms with van der Waals surface area (Å²) in [6, 6.07) is 1.48. The maximum Gasteiger partial charge on any atom is 0.337 e. The van der Waals surface area contributed by atoms with E-state index in [0.717, 1.165) is 32.6 Å². The monoisotopic (exact) mass is 295 g/mol. The molecule has 1 aromatic heterocycles. The maximum absolute atomic E-state index is 10.9. The zero-order chi connectivity index (χ0) is 14.2. The van der Waals surface area contributed by atoms with Gasteiger partial charge in [-0.3, -0.25) is 0 Å². The molecule has 0 aromatic carbocycles. The molecule has 3 heterocycles. The second-order valence-corrected chi connectivity index (χ2v) is 6.19. The Hall–Kier alpha value is -1.33. The number of nitrogens with zero attached hydrogens (tertiary/aromatic N) is 2. The lowest BCUT2D eigenvalue weighted by atomic mass is 9.80. The highest BCUT2D eigenvalue weighted by Crippen LogP contribution is 2.39. The van der Waals surface area contributed by atoms with Gasteiger partial charge in [0, 0.05) is 31.2 Å². The molecule has 5 nitrogen and oxygen atoms in total. The lowest BCUT2D eigenvalue weighted by molar-refractivity contribution is 0.0696. The number of hydrogen-bond acceptors (Lipinski definition) is 4. The minimum Gasteiger partial charge on any atom is -0.478 e. The summed E-state index contributed by atoms with van der Waals surface area (Å²) >= 11 is 6.20. The van der Waals surface area contributed by atoms with Crippen molar-refractivity contribution in [2.75, 3.05) is 31.1 Å². The Kier molecular flexibility index (Phi) is 3.56. The number of carbonyl (C=O) groups is 1. The number of hydrogen-bond donors (Lipinski definition) is 2. The lowest BCUT2D eigenvalue weighted by Gasteiger charge is -2.34. The number of aromatic nitrogens is 1. The Balaban J connectivity index is 1.79. The third kappa shape index (κ3) is 2.47. The summed E-state index contributed by atoms with van der Waals surface area (Å²) in [5.74, 6) is -0.292. The van der Waals surface area contributed by atoms with E-state index < -0.39 is 5.97 Å². The van der Waals surface area contributed by atoms with Crippen LogP contribution in [0.15, 0.2) is 12.3 Å². The molecule has 3 rings (SSSR count). The number of carboxylic acid groups (broad SMARTS) is 1. The quantitative estimate of drug-likeness (QED) is 0.874. The number of anilines is 1. The molecule has 2 saturated heterocycles. The minimum absolute atomic E-state index is 0.131. The molecule has 0 unspecified atom stereocenters. The Morgan fingerprint density at radius 2 is 2.35 bits per heavy atom. The van der Waals surface area contributed by atoms with Crippen LogP contribution in [-0.2, 0) is 0 Å². The van der Waals surface area contributed by atoms with Gasteiger partial charge in [0.15, 0.2) is 0 Å². The van der Waals surface area contributed by atoms with E-state index in [4.69, 9.17) is 16.7 Å². The largest absolute Gasteiger partial charge is 0.478 e. The van der Waals surface area contributed by atoms with Crippen LogP contribution >= 0.6 is 11.6 Å². The molecule has 1 atom stereocenters. The molecule has 0 saturated carbocycles. The summed E-state index contributed by atoms with van der Waals surface area (Å²) in [6.07, 6.45) is 4.97. The van der Waals surface area contributed by atoms with Gasteiger partial charge >= 0.3 is 5.97 Å². The predicted molar refractivity (Wildman–Crippen MR) is 77.6 cm³/mol. The molecule has 6 heteroatoms. The second kappa shape index (κ2) is 5.22. The van der Waals surface area contributed by atoms with E-state index in [1.807, 2.05) is 0 Å². The van der Waals surface area contributed by atoms with Gasteiger partial charge in [-0.1, -0.05) is 11.6 Å². The second-order valence-electron chi connectivity index (χ2n) is 5.79. The van der Waals surface area contributed by atoms with Crippen molar-refractivity contribution in [3.8, 4) is 0 Å². The smallest absolute Gasteiger partial charge is 0.337 e. The van der Waals surface area contributed by atoms with Gasteiger partial charge in [0.2, 0.25) is 0 Å². The van der Waals surface area contributed by atoms with Crippen LogP contribution < -0.4 is 10.2 Å². The summed E-state index contributed by atoms with van der Waals surface area (Å²) in [5.41, 5.74) is 0.460. The van der Waals surface area contributed by atoms with E-state index in [-0.39, 0.29) is 5.56 Å². The first-order valence-corrected chi connectivity index (χ1v) is 7.32. The van der Waals surface area contributed by atoms with Gasteiger partial charge in [-0.2, -0.15) is 0 Å². The summed E-state index contributed by atoms with van der Waals surface area (Å²) < 4.78 is 0. The Bertz CT molecular complexity index is 529. The van der Waals surface area contributed by atoms with Gasteiger partial charge in [0.05, 0.1) is 10.6 Å². The Morgan fingerprint density at radius 1 is 1.50 bits per heavy atom. The van der Waals surface area contributed by atoms with E-state index in [2.05, 4.69) is 15.2 Å². The number of nitrogens with one attached hydrogen (secondary N) is 1. The van der Waals surface area contributed by atoms with Crippen molar-refractivity contribution in [1.82, 2.24) is 10.3 Å². The van der Waals surface area contributed by atoms with Crippen molar-refractivity contribution >= 4 is 23.4 Å². The molecule has 2 aliphatic heterocycles. The average Bonchev–Trinajstić information content (AvgIpc) is 2.83. The van der Waals surface area contributed by atoms with Crippen molar-refractivity contribution in [2.45, 2.75) is 19.3 Å². The van der Waals surface area contributed by atoms with Crippen LogP contribution in [0.25, 0.3) is 0 Å². The number of pyridine rings is 1. The number of carboxylic acids is 1. The molecule has 0 aliphatic carbocycles. The zero-order valence-electron chi connectivity index (χ0n) is 11.2. The molecule has 1 aromatic rings. The fourth-order valence-corrected chi connectivity index (χ4v) is 3.56. The van der Waals surface area contributed by atoms with Crippen LogP contribution in [-0.4, -0.2) is 42.2 Å². The molecule has 0 amide bonds. The first-order chi connectivity index (χ1) is 9.60. The van der Waals surface area contributed by atoms with E-state index in [9.17, 15) is 4.79 Å². The van der Waals surface area contributed by atoms with E-state index in [0.29, 0.717) is 16.3 Å². The lowest BCUT2D eigenvalue weighted by Crippen LogP contribution is -2.42. The zero-order valence-corrected chi connectivity index (χ0v) is 12.0. The standard InChI is InChI=1S/C14H18ClN3O2/c15-11-6-10(13(19)20)7-17-12(11)18-5-3-14(9-18)2-1-4-16-8-14/h6-7,16H,1-5,8-9H2,(H,19,20)/t14-/m0/s1. The van der Waals surface area contributed by atoms with E-state index in [1.165, 1.54) is 25.1 Å². The first kappa shape index (κ1) is 13.6. The molecule has 2 aliphatic rings. The van der Waals surface area contributed by atoms with Gasteiger partial charge in [-0.05, 0) is 31.9 Å². The average molecular weight is 296 g/mol. The highest BCUT2D eigenvalue weighted by Gasteiger charge is 2.39.